The first-order valence-electron chi connectivity index (χ1n) is 7.52. The van der Waals surface area contributed by atoms with Gasteiger partial charge in [-0.05, 0) is 18.7 Å². The zero-order chi connectivity index (χ0) is 15.1. The van der Waals surface area contributed by atoms with Crippen molar-refractivity contribution >= 4 is 17.8 Å². The smallest absolute Gasteiger partial charge is 0.317 e. The minimum atomic E-state index is 0.0493. The van der Waals surface area contributed by atoms with E-state index in [0.717, 1.165) is 44.0 Å². The van der Waals surface area contributed by atoms with Crippen LogP contribution in [0.4, 0.5) is 4.79 Å². The topological polar surface area (TPSA) is 35.6 Å². The van der Waals surface area contributed by atoms with Crippen LogP contribution in [0.15, 0.2) is 30.3 Å². The van der Waals surface area contributed by atoms with E-state index in [1.54, 1.807) is 0 Å². The summed E-state index contributed by atoms with van der Waals surface area (Å²) in [6.07, 6.45) is 2.13. The fraction of sp³-hybridized carbons (Fsp3) is 0.562. The number of nitrogens with zero attached hydrogens (tertiary/aromatic N) is 2. The number of carbonyl (C=O) groups is 1. The van der Waals surface area contributed by atoms with E-state index in [1.165, 1.54) is 0 Å². The molecule has 1 aromatic rings. The van der Waals surface area contributed by atoms with Gasteiger partial charge in [0.25, 0.3) is 0 Å². The molecule has 1 N–H and O–H groups in total. The summed E-state index contributed by atoms with van der Waals surface area (Å²) >= 11 is 1.87. The lowest BCUT2D eigenvalue weighted by atomic mass is 10.1. The lowest BCUT2D eigenvalue weighted by Gasteiger charge is -2.35. The molecule has 5 heteroatoms. The van der Waals surface area contributed by atoms with Crippen molar-refractivity contribution in [1.82, 2.24) is 15.1 Å². The molecule has 2 amide bonds. The monoisotopic (exact) mass is 307 g/mol. The van der Waals surface area contributed by atoms with Gasteiger partial charge in [-0.15, -0.1) is 0 Å². The maximum absolute atomic E-state index is 12.3. The molecule has 0 unspecified atom stereocenters. The first kappa shape index (κ1) is 16.2. The van der Waals surface area contributed by atoms with E-state index in [4.69, 9.17) is 0 Å². The molecular formula is C16H25N3OS. The Kier molecular flexibility index (Phi) is 6.39. The van der Waals surface area contributed by atoms with Gasteiger partial charge in [0, 0.05) is 38.5 Å². The largest absolute Gasteiger partial charge is 0.331 e. The molecule has 116 valence electrons. The zero-order valence-electron chi connectivity index (χ0n) is 12.9. The number of nitrogens with one attached hydrogen (secondary N) is 1. The Labute approximate surface area is 131 Å². The van der Waals surface area contributed by atoms with Crippen molar-refractivity contribution in [2.75, 3.05) is 44.7 Å². The summed E-state index contributed by atoms with van der Waals surface area (Å²) in [5.41, 5.74) is 1.14. The molecule has 0 spiro atoms. The van der Waals surface area contributed by atoms with Crippen LogP contribution < -0.4 is 5.32 Å². The summed E-state index contributed by atoms with van der Waals surface area (Å²) in [7, 11) is 0. The first-order valence-corrected chi connectivity index (χ1v) is 8.92. The van der Waals surface area contributed by atoms with Gasteiger partial charge < -0.3 is 10.2 Å². The van der Waals surface area contributed by atoms with Crippen LogP contribution in [0.5, 0.6) is 0 Å². The molecule has 1 atom stereocenters. The number of rotatable bonds is 5. The minimum Gasteiger partial charge on any atom is -0.331 e. The Morgan fingerprint density at radius 1 is 1.24 bits per heavy atom. The Balaban J connectivity index is 1.77. The third kappa shape index (κ3) is 4.93. The van der Waals surface area contributed by atoms with Crippen molar-refractivity contribution < 1.29 is 4.79 Å². The molecule has 1 aromatic carbocycles. The van der Waals surface area contributed by atoms with Crippen LogP contribution in [0, 0.1) is 0 Å². The lowest BCUT2D eigenvalue weighted by Crippen LogP contribution is -2.52. The van der Waals surface area contributed by atoms with E-state index >= 15 is 0 Å². The molecule has 2 rings (SSSR count). The number of urea groups is 1. The van der Waals surface area contributed by atoms with Crippen molar-refractivity contribution in [3.8, 4) is 0 Å². The third-order valence-corrected chi connectivity index (χ3v) is 4.50. The number of thioether (sulfide) groups is 1. The van der Waals surface area contributed by atoms with Crippen LogP contribution in [0.1, 0.15) is 18.5 Å². The second-order valence-corrected chi connectivity index (χ2v) is 6.39. The third-order valence-electron chi connectivity index (χ3n) is 3.91. The molecule has 21 heavy (non-hydrogen) atoms. The van der Waals surface area contributed by atoms with Crippen LogP contribution in [0.3, 0.4) is 0 Å². The molecule has 1 aliphatic heterocycles. The Bertz CT molecular complexity index is 432. The molecule has 0 bridgehead atoms. The normalized spacial score (nSPS) is 17.5. The molecular weight excluding hydrogens is 282 g/mol. The highest BCUT2D eigenvalue weighted by Gasteiger charge is 2.21. The van der Waals surface area contributed by atoms with E-state index in [0.29, 0.717) is 0 Å². The fourth-order valence-corrected chi connectivity index (χ4v) is 2.94. The summed E-state index contributed by atoms with van der Waals surface area (Å²) in [6.45, 7) is 6.75. The second kappa shape index (κ2) is 8.29. The first-order chi connectivity index (χ1) is 10.2. The van der Waals surface area contributed by atoms with Crippen molar-refractivity contribution in [2.24, 2.45) is 0 Å². The van der Waals surface area contributed by atoms with E-state index in [9.17, 15) is 4.79 Å². The van der Waals surface area contributed by atoms with Gasteiger partial charge in [0.05, 0.1) is 6.04 Å². The molecule has 1 saturated heterocycles. The maximum atomic E-state index is 12.3. The number of amides is 2. The van der Waals surface area contributed by atoms with Crippen LogP contribution in [-0.4, -0.2) is 60.6 Å². The van der Waals surface area contributed by atoms with Crippen LogP contribution in [0.2, 0.25) is 0 Å². The van der Waals surface area contributed by atoms with Gasteiger partial charge in [0.15, 0.2) is 0 Å². The summed E-state index contributed by atoms with van der Waals surface area (Å²) in [5, 5.41) is 3.09. The number of hydrogen-bond donors (Lipinski definition) is 1. The molecule has 0 aliphatic carbocycles. The van der Waals surface area contributed by atoms with Gasteiger partial charge in [-0.3, -0.25) is 4.90 Å². The quantitative estimate of drug-likeness (QED) is 0.907. The van der Waals surface area contributed by atoms with Gasteiger partial charge in [0.1, 0.15) is 0 Å². The Morgan fingerprint density at radius 2 is 1.90 bits per heavy atom. The van der Waals surface area contributed by atoms with Crippen LogP contribution >= 0.6 is 11.8 Å². The molecule has 1 aliphatic rings. The predicted molar refractivity (Wildman–Crippen MR) is 89.8 cm³/mol. The molecule has 0 saturated carbocycles. The van der Waals surface area contributed by atoms with Gasteiger partial charge >= 0.3 is 6.03 Å². The van der Waals surface area contributed by atoms with Crippen molar-refractivity contribution in [3.63, 3.8) is 0 Å². The van der Waals surface area contributed by atoms with Crippen molar-refractivity contribution in [3.05, 3.63) is 35.9 Å². The van der Waals surface area contributed by atoms with Crippen LogP contribution in [-0.2, 0) is 0 Å². The average Bonchev–Trinajstić information content (AvgIpc) is 2.54. The molecule has 0 radical (unpaired) electrons. The van der Waals surface area contributed by atoms with Gasteiger partial charge in [-0.1, -0.05) is 30.3 Å². The lowest BCUT2D eigenvalue weighted by molar-refractivity contribution is 0.142. The number of benzene rings is 1. The SMILES string of the molecule is CSCCN1CCN(C(=O)N[C@@H](C)c2ccccc2)CC1. The van der Waals surface area contributed by atoms with Gasteiger partial charge in [0.2, 0.25) is 0 Å². The summed E-state index contributed by atoms with van der Waals surface area (Å²) < 4.78 is 0. The standard InChI is InChI=1S/C16H25N3OS/c1-14(15-6-4-3-5-7-15)17-16(20)19-10-8-18(9-11-19)12-13-21-2/h3-7,14H,8-13H2,1-2H3,(H,17,20)/t14-/m0/s1. The van der Waals surface area contributed by atoms with Crippen LogP contribution in [0.25, 0.3) is 0 Å². The number of hydrogen-bond acceptors (Lipinski definition) is 3. The van der Waals surface area contributed by atoms with E-state index in [2.05, 4.69) is 16.5 Å². The zero-order valence-corrected chi connectivity index (χ0v) is 13.7. The summed E-state index contributed by atoms with van der Waals surface area (Å²) in [4.78, 5) is 16.7. The highest BCUT2D eigenvalue weighted by atomic mass is 32.2. The maximum Gasteiger partial charge on any atom is 0.317 e. The minimum absolute atomic E-state index is 0.0493. The predicted octanol–water partition coefficient (Wildman–Crippen LogP) is 2.44. The fourth-order valence-electron chi connectivity index (χ4n) is 2.50. The Hall–Kier alpha value is -1.20. The van der Waals surface area contributed by atoms with Crippen molar-refractivity contribution in [2.45, 2.75) is 13.0 Å². The molecule has 4 nitrogen and oxygen atoms in total. The highest BCUT2D eigenvalue weighted by Crippen LogP contribution is 2.12. The summed E-state index contributed by atoms with van der Waals surface area (Å²) in [5.74, 6) is 1.16. The van der Waals surface area contributed by atoms with E-state index in [1.807, 2.05) is 53.9 Å². The molecule has 1 heterocycles. The van der Waals surface area contributed by atoms with Gasteiger partial charge in [-0.25, -0.2) is 4.79 Å². The number of carbonyl (C=O) groups excluding carboxylic acids is 1. The molecule has 0 aromatic heterocycles. The van der Waals surface area contributed by atoms with Crippen molar-refractivity contribution in [1.29, 1.82) is 0 Å². The van der Waals surface area contributed by atoms with Gasteiger partial charge in [-0.2, -0.15) is 11.8 Å². The second-order valence-electron chi connectivity index (χ2n) is 5.40. The van der Waals surface area contributed by atoms with E-state index in [-0.39, 0.29) is 12.1 Å². The average molecular weight is 307 g/mol. The summed E-state index contributed by atoms with van der Waals surface area (Å²) in [6, 6.07) is 10.2. The number of piperazine rings is 1. The Morgan fingerprint density at radius 3 is 2.52 bits per heavy atom. The highest BCUT2D eigenvalue weighted by molar-refractivity contribution is 7.98. The molecule has 1 fully saturated rings. The van der Waals surface area contributed by atoms with E-state index < -0.39 is 0 Å².